The van der Waals surface area contributed by atoms with Crippen LogP contribution in [0, 0.1) is 0 Å². The molecular formula is C12H10FNO. The van der Waals surface area contributed by atoms with Gasteiger partial charge in [-0.15, -0.1) is 0 Å². The number of pyridine rings is 1. The first-order valence-electron chi connectivity index (χ1n) is 4.61. The summed E-state index contributed by atoms with van der Waals surface area (Å²) in [5.74, 6) is -0.562. The van der Waals surface area contributed by atoms with Crippen molar-refractivity contribution in [2.75, 3.05) is 6.61 Å². The number of aliphatic hydroxyl groups excluding tert-OH is 1. The van der Waals surface area contributed by atoms with Gasteiger partial charge in [-0.3, -0.25) is 4.98 Å². The fourth-order valence-electron chi connectivity index (χ4n) is 1.47. The van der Waals surface area contributed by atoms with Crippen molar-refractivity contribution in [3.8, 4) is 0 Å². The first-order chi connectivity index (χ1) is 7.31. The van der Waals surface area contributed by atoms with Crippen LogP contribution in [0.3, 0.4) is 0 Å². The lowest BCUT2D eigenvalue weighted by Gasteiger charge is -2.01. The van der Waals surface area contributed by atoms with Crippen LogP contribution in [0.1, 0.15) is 5.56 Å². The smallest absolute Gasteiger partial charge is 0.126 e. The molecule has 0 unspecified atom stereocenters. The molecule has 2 aromatic rings. The molecule has 76 valence electrons. The molecule has 0 radical (unpaired) electrons. The van der Waals surface area contributed by atoms with Gasteiger partial charge in [-0.05, 0) is 11.5 Å². The number of halogens is 1. The van der Waals surface area contributed by atoms with Crippen molar-refractivity contribution in [1.29, 1.82) is 0 Å². The van der Waals surface area contributed by atoms with E-state index in [1.807, 2.05) is 24.3 Å². The number of rotatable bonds is 2. The van der Waals surface area contributed by atoms with E-state index in [9.17, 15) is 4.39 Å². The molecule has 0 atom stereocenters. The molecule has 1 N–H and O–H groups in total. The summed E-state index contributed by atoms with van der Waals surface area (Å²) in [7, 11) is 0. The highest BCUT2D eigenvalue weighted by Crippen LogP contribution is 2.19. The summed E-state index contributed by atoms with van der Waals surface area (Å²) >= 11 is 0. The van der Waals surface area contributed by atoms with E-state index in [0.29, 0.717) is 5.56 Å². The Kier molecular flexibility index (Phi) is 2.74. The van der Waals surface area contributed by atoms with Crippen LogP contribution in [0.4, 0.5) is 4.39 Å². The Labute approximate surface area is 86.7 Å². The fraction of sp³-hybridized carbons (Fsp3) is 0.0833. The molecule has 3 heteroatoms. The summed E-state index contributed by atoms with van der Waals surface area (Å²) < 4.78 is 12.9. The molecule has 0 fully saturated rings. The summed E-state index contributed by atoms with van der Waals surface area (Å²) in [6, 6.07) is 7.60. The van der Waals surface area contributed by atoms with Crippen LogP contribution in [0.25, 0.3) is 16.8 Å². The van der Waals surface area contributed by atoms with Crippen LogP contribution < -0.4 is 0 Å². The molecule has 0 aliphatic rings. The highest BCUT2D eigenvalue weighted by atomic mass is 19.1. The minimum atomic E-state index is -0.580. The Bertz CT molecular complexity index is 502. The molecule has 1 aromatic carbocycles. The average Bonchev–Trinajstić information content (AvgIpc) is 2.29. The molecule has 1 heterocycles. The van der Waals surface area contributed by atoms with E-state index in [1.54, 1.807) is 12.4 Å². The van der Waals surface area contributed by atoms with Gasteiger partial charge in [0, 0.05) is 23.3 Å². The van der Waals surface area contributed by atoms with Gasteiger partial charge in [-0.25, -0.2) is 4.39 Å². The summed E-state index contributed by atoms with van der Waals surface area (Å²) in [6.45, 7) is -0.580. The summed E-state index contributed by atoms with van der Waals surface area (Å²) in [5.41, 5.74) is 0.680. The van der Waals surface area contributed by atoms with E-state index in [0.717, 1.165) is 10.8 Å². The van der Waals surface area contributed by atoms with Gasteiger partial charge in [0.2, 0.25) is 0 Å². The third-order valence-electron chi connectivity index (χ3n) is 2.16. The van der Waals surface area contributed by atoms with Crippen LogP contribution in [-0.2, 0) is 0 Å². The molecule has 0 saturated heterocycles. The fourth-order valence-corrected chi connectivity index (χ4v) is 1.47. The Morgan fingerprint density at radius 3 is 2.93 bits per heavy atom. The minimum absolute atomic E-state index is 0.562. The zero-order valence-electron chi connectivity index (χ0n) is 8.02. The number of aliphatic hydroxyl groups is 1. The van der Waals surface area contributed by atoms with Crippen molar-refractivity contribution in [2.45, 2.75) is 0 Å². The zero-order chi connectivity index (χ0) is 10.7. The maximum Gasteiger partial charge on any atom is 0.126 e. The number of hydrogen-bond donors (Lipinski definition) is 1. The largest absolute Gasteiger partial charge is 0.389 e. The molecule has 15 heavy (non-hydrogen) atoms. The molecule has 0 saturated carbocycles. The zero-order valence-corrected chi connectivity index (χ0v) is 8.02. The molecular weight excluding hydrogens is 193 g/mol. The predicted molar refractivity (Wildman–Crippen MR) is 57.9 cm³/mol. The maximum absolute atomic E-state index is 12.9. The van der Waals surface area contributed by atoms with Crippen LogP contribution in [-0.4, -0.2) is 16.7 Å². The maximum atomic E-state index is 12.9. The van der Waals surface area contributed by atoms with Gasteiger partial charge >= 0.3 is 0 Å². The van der Waals surface area contributed by atoms with Crippen molar-refractivity contribution in [1.82, 2.24) is 4.98 Å². The number of benzene rings is 1. The van der Waals surface area contributed by atoms with Gasteiger partial charge in [-0.2, -0.15) is 0 Å². The summed E-state index contributed by atoms with van der Waals surface area (Å²) in [4.78, 5) is 4.01. The summed E-state index contributed by atoms with van der Waals surface area (Å²) in [5, 5.41) is 10.5. The van der Waals surface area contributed by atoms with E-state index in [2.05, 4.69) is 4.98 Å². The lowest BCUT2D eigenvalue weighted by atomic mass is 10.1. The van der Waals surface area contributed by atoms with Crippen molar-refractivity contribution >= 4 is 16.8 Å². The second-order valence-electron chi connectivity index (χ2n) is 3.20. The van der Waals surface area contributed by atoms with Gasteiger partial charge in [0.1, 0.15) is 5.83 Å². The second kappa shape index (κ2) is 4.19. The van der Waals surface area contributed by atoms with Crippen LogP contribution in [0.15, 0.2) is 42.5 Å². The second-order valence-corrected chi connectivity index (χ2v) is 3.20. The van der Waals surface area contributed by atoms with E-state index >= 15 is 0 Å². The molecule has 0 spiro atoms. The van der Waals surface area contributed by atoms with Gasteiger partial charge < -0.3 is 5.11 Å². The number of hydrogen-bond acceptors (Lipinski definition) is 2. The van der Waals surface area contributed by atoms with Gasteiger partial charge in [0.05, 0.1) is 6.61 Å². The Balaban J connectivity index is 2.61. The monoisotopic (exact) mass is 203 g/mol. The standard InChI is InChI=1S/C12H10FNO/c13-11(8-15)5-10-7-14-6-9-3-1-2-4-12(9)10/h1-7,15H,8H2/b11-5+. The van der Waals surface area contributed by atoms with E-state index in [-0.39, 0.29) is 0 Å². The van der Waals surface area contributed by atoms with Gasteiger partial charge in [0.15, 0.2) is 0 Å². The van der Waals surface area contributed by atoms with E-state index in [1.165, 1.54) is 6.08 Å². The van der Waals surface area contributed by atoms with Crippen LogP contribution >= 0.6 is 0 Å². The number of nitrogens with zero attached hydrogens (tertiary/aromatic N) is 1. The average molecular weight is 203 g/mol. The molecule has 0 aliphatic heterocycles. The molecule has 1 aromatic heterocycles. The van der Waals surface area contributed by atoms with Crippen molar-refractivity contribution in [3.05, 3.63) is 48.0 Å². The molecule has 0 bridgehead atoms. The number of fused-ring (bicyclic) bond motifs is 1. The van der Waals surface area contributed by atoms with Crippen LogP contribution in [0.5, 0.6) is 0 Å². The number of aromatic nitrogens is 1. The lowest BCUT2D eigenvalue weighted by Crippen LogP contribution is -1.85. The SMILES string of the molecule is OC/C(F)=C\c1cncc2ccccc12. The topological polar surface area (TPSA) is 33.1 Å². The quantitative estimate of drug-likeness (QED) is 0.813. The predicted octanol–water partition coefficient (Wildman–Crippen LogP) is 2.54. The first-order valence-corrected chi connectivity index (χ1v) is 4.61. The van der Waals surface area contributed by atoms with Crippen molar-refractivity contribution < 1.29 is 9.50 Å². The Morgan fingerprint density at radius 1 is 1.33 bits per heavy atom. The third-order valence-corrected chi connectivity index (χ3v) is 2.16. The first kappa shape index (κ1) is 9.80. The lowest BCUT2D eigenvalue weighted by molar-refractivity contribution is 0.300. The Morgan fingerprint density at radius 2 is 2.13 bits per heavy atom. The third kappa shape index (κ3) is 2.02. The normalized spacial score (nSPS) is 12.0. The summed E-state index contributed by atoms with van der Waals surface area (Å²) in [6.07, 6.45) is 4.61. The van der Waals surface area contributed by atoms with E-state index in [4.69, 9.17) is 5.11 Å². The van der Waals surface area contributed by atoms with E-state index < -0.39 is 12.4 Å². The van der Waals surface area contributed by atoms with Crippen LogP contribution in [0.2, 0.25) is 0 Å². The van der Waals surface area contributed by atoms with Crippen molar-refractivity contribution in [3.63, 3.8) is 0 Å². The minimum Gasteiger partial charge on any atom is -0.389 e. The van der Waals surface area contributed by atoms with Gasteiger partial charge in [-0.1, -0.05) is 24.3 Å². The van der Waals surface area contributed by atoms with Crippen molar-refractivity contribution in [2.24, 2.45) is 0 Å². The Hall–Kier alpha value is -1.74. The molecule has 0 aliphatic carbocycles. The highest BCUT2D eigenvalue weighted by Gasteiger charge is 1.99. The molecule has 2 nitrogen and oxygen atoms in total. The highest BCUT2D eigenvalue weighted by molar-refractivity contribution is 5.89. The van der Waals surface area contributed by atoms with Gasteiger partial charge in [0.25, 0.3) is 0 Å². The molecule has 0 amide bonds. The molecule has 2 rings (SSSR count).